The van der Waals surface area contributed by atoms with Crippen molar-refractivity contribution in [3.63, 3.8) is 0 Å². The van der Waals surface area contributed by atoms with E-state index in [-0.39, 0.29) is 0 Å². The molecule has 0 amide bonds. The second-order valence-electron chi connectivity index (χ2n) is 6.54. The van der Waals surface area contributed by atoms with E-state index in [1.54, 1.807) is 14.2 Å². The van der Waals surface area contributed by atoms with Crippen LogP contribution in [0.25, 0.3) is 0 Å². The number of aryl methyl sites for hydroxylation is 1. The van der Waals surface area contributed by atoms with Crippen LogP contribution in [-0.4, -0.2) is 59.6 Å². The van der Waals surface area contributed by atoms with Gasteiger partial charge in [0.05, 0.1) is 20.3 Å². The Labute approximate surface area is 157 Å². The minimum Gasteiger partial charge on any atom is -0.497 e. The SMILES string of the molecule is CN=C(NCCCOCC1CCOC1)NCCCc1ccc(OC)cc1. The van der Waals surface area contributed by atoms with Crippen LogP contribution in [0.5, 0.6) is 5.75 Å². The molecule has 0 radical (unpaired) electrons. The van der Waals surface area contributed by atoms with Crippen molar-refractivity contribution in [2.24, 2.45) is 10.9 Å². The molecule has 6 heteroatoms. The van der Waals surface area contributed by atoms with Crippen LogP contribution in [0, 0.1) is 5.92 Å². The van der Waals surface area contributed by atoms with Gasteiger partial charge in [-0.2, -0.15) is 0 Å². The highest BCUT2D eigenvalue weighted by Crippen LogP contribution is 2.13. The Morgan fingerprint density at radius 2 is 1.96 bits per heavy atom. The number of nitrogens with zero attached hydrogens (tertiary/aromatic N) is 1. The molecule has 0 aromatic heterocycles. The van der Waals surface area contributed by atoms with E-state index in [2.05, 4.69) is 27.8 Å². The van der Waals surface area contributed by atoms with Crippen molar-refractivity contribution < 1.29 is 14.2 Å². The molecule has 146 valence electrons. The molecule has 0 saturated carbocycles. The largest absolute Gasteiger partial charge is 0.497 e. The number of ether oxygens (including phenoxy) is 3. The average molecular weight is 364 g/mol. The third-order valence-corrected chi connectivity index (χ3v) is 4.45. The molecule has 0 spiro atoms. The molecule has 1 fully saturated rings. The Bertz CT molecular complexity index is 514. The van der Waals surface area contributed by atoms with Gasteiger partial charge in [0.25, 0.3) is 0 Å². The van der Waals surface area contributed by atoms with Crippen LogP contribution in [0.15, 0.2) is 29.3 Å². The summed E-state index contributed by atoms with van der Waals surface area (Å²) in [6.45, 7) is 5.08. The van der Waals surface area contributed by atoms with E-state index in [0.717, 1.165) is 76.9 Å². The second kappa shape index (κ2) is 12.5. The molecule has 0 bridgehead atoms. The normalized spacial score (nSPS) is 17.3. The molecule has 2 rings (SSSR count). The Balaban J connectivity index is 1.47. The van der Waals surface area contributed by atoms with E-state index in [0.29, 0.717) is 5.92 Å². The summed E-state index contributed by atoms with van der Waals surface area (Å²) in [6.07, 6.45) is 4.19. The Morgan fingerprint density at radius 3 is 2.62 bits per heavy atom. The molecule has 1 atom stereocenters. The predicted molar refractivity (Wildman–Crippen MR) is 105 cm³/mol. The van der Waals surface area contributed by atoms with Gasteiger partial charge in [-0.3, -0.25) is 4.99 Å². The lowest BCUT2D eigenvalue weighted by molar-refractivity contribution is 0.0888. The molecule has 1 unspecified atom stereocenters. The first-order chi connectivity index (χ1) is 12.8. The Morgan fingerprint density at radius 1 is 1.19 bits per heavy atom. The first-order valence-corrected chi connectivity index (χ1v) is 9.54. The molecular weight excluding hydrogens is 330 g/mol. The van der Waals surface area contributed by atoms with E-state index >= 15 is 0 Å². The number of rotatable bonds is 11. The summed E-state index contributed by atoms with van der Waals surface area (Å²) in [5.74, 6) is 2.34. The molecule has 1 aliphatic heterocycles. The molecule has 1 heterocycles. The molecule has 6 nitrogen and oxygen atoms in total. The number of hydrogen-bond donors (Lipinski definition) is 2. The fourth-order valence-corrected chi connectivity index (χ4v) is 2.86. The number of guanidine groups is 1. The lowest BCUT2D eigenvalue weighted by Crippen LogP contribution is -2.38. The molecule has 1 aromatic rings. The van der Waals surface area contributed by atoms with Crippen molar-refractivity contribution in [2.75, 3.05) is 53.7 Å². The molecule has 1 aliphatic rings. The van der Waals surface area contributed by atoms with Crippen molar-refractivity contribution in [3.05, 3.63) is 29.8 Å². The summed E-state index contributed by atoms with van der Waals surface area (Å²) < 4.78 is 16.2. The van der Waals surface area contributed by atoms with E-state index in [4.69, 9.17) is 14.2 Å². The van der Waals surface area contributed by atoms with Crippen LogP contribution in [0.3, 0.4) is 0 Å². The summed E-state index contributed by atoms with van der Waals surface area (Å²) in [5.41, 5.74) is 1.32. The van der Waals surface area contributed by atoms with Gasteiger partial charge in [-0.05, 0) is 43.4 Å². The number of aliphatic imine (C=N–C) groups is 1. The van der Waals surface area contributed by atoms with Crippen molar-refractivity contribution in [2.45, 2.75) is 25.7 Å². The standard InChI is InChI=1S/C20H33N3O3/c1-21-20(23-12-4-13-25-15-18-10-14-26-16-18)22-11-3-5-17-6-8-19(24-2)9-7-17/h6-9,18H,3-5,10-16H2,1-2H3,(H2,21,22,23). The van der Waals surface area contributed by atoms with Gasteiger partial charge in [-0.25, -0.2) is 0 Å². The lowest BCUT2D eigenvalue weighted by atomic mass is 10.1. The zero-order chi connectivity index (χ0) is 18.5. The molecule has 26 heavy (non-hydrogen) atoms. The third kappa shape index (κ3) is 8.06. The van der Waals surface area contributed by atoms with E-state index in [9.17, 15) is 0 Å². The van der Waals surface area contributed by atoms with Crippen LogP contribution in [0.1, 0.15) is 24.8 Å². The molecule has 2 N–H and O–H groups in total. The number of hydrogen-bond acceptors (Lipinski definition) is 4. The van der Waals surface area contributed by atoms with Crippen LogP contribution >= 0.6 is 0 Å². The van der Waals surface area contributed by atoms with Gasteiger partial charge in [0, 0.05) is 39.3 Å². The summed E-state index contributed by atoms with van der Waals surface area (Å²) in [6, 6.07) is 8.24. The minimum absolute atomic E-state index is 0.586. The number of methoxy groups -OCH3 is 1. The van der Waals surface area contributed by atoms with Crippen LogP contribution in [-0.2, 0) is 15.9 Å². The quantitative estimate of drug-likeness (QED) is 0.359. The molecule has 0 aliphatic carbocycles. The highest BCUT2D eigenvalue weighted by atomic mass is 16.5. The monoisotopic (exact) mass is 363 g/mol. The summed E-state index contributed by atoms with van der Waals surface area (Å²) in [4.78, 5) is 4.26. The Kier molecular flexibility index (Phi) is 9.90. The zero-order valence-corrected chi connectivity index (χ0v) is 16.1. The van der Waals surface area contributed by atoms with Crippen molar-refractivity contribution >= 4 is 5.96 Å². The van der Waals surface area contributed by atoms with E-state index in [1.807, 2.05) is 12.1 Å². The fourth-order valence-electron chi connectivity index (χ4n) is 2.86. The van der Waals surface area contributed by atoms with E-state index < -0.39 is 0 Å². The maximum Gasteiger partial charge on any atom is 0.190 e. The van der Waals surface area contributed by atoms with Gasteiger partial charge < -0.3 is 24.8 Å². The predicted octanol–water partition coefficient (Wildman–Crippen LogP) is 2.24. The fraction of sp³-hybridized carbons (Fsp3) is 0.650. The van der Waals surface area contributed by atoms with Gasteiger partial charge in [0.15, 0.2) is 5.96 Å². The average Bonchev–Trinajstić information content (AvgIpc) is 3.20. The lowest BCUT2D eigenvalue weighted by Gasteiger charge is -2.12. The zero-order valence-electron chi connectivity index (χ0n) is 16.1. The van der Waals surface area contributed by atoms with Gasteiger partial charge in [0.2, 0.25) is 0 Å². The van der Waals surface area contributed by atoms with Crippen LogP contribution in [0.4, 0.5) is 0 Å². The van der Waals surface area contributed by atoms with Gasteiger partial charge in [-0.15, -0.1) is 0 Å². The smallest absolute Gasteiger partial charge is 0.190 e. The summed E-state index contributed by atoms with van der Waals surface area (Å²) in [7, 11) is 3.49. The topological polar surface area (TPSA) is 64.1 Å². The van der Waals surface area contributed by atoms with E-state index in [1.165, 1.54) is 5.56 Å². The van der Waals surface area contributed by atoms with Crippen molar-refractivity contribution in [3.8, 4) is 5.75 Å². The maximum absolute atomic E-state index is 5.71. The molecule has 1 saturated heterocycles. The number of benzene rings is 1. The third-order valence-electron chi connectivity index (χ3n) is 4.45. The second-order valence-corrected chi connectivity index (χ2v) is 6.54. The first-order valence-electron chi connectivity index (χ1n) is 9.54. The minimum atomic E-state index is 0.586. The van der Waals surface area contributed by atoms with Crippen molar-refractivity contribution in [1.29, 1.82) is 0 Å². The Hall–Kier alpha value is -1.79. The summed E-state index contributed by atoms with van der Waals surface area (Å²) >= 11 is 0. The molecule has 1 aromatic carbocycles. The van der Waals surface area contributed by atoms with Gasteiger partial charge >= 0.3 is 0 Å². The highest BCUT2D eigenvalue weighted by molar-refractivity contribution is 5.79. The first kappa shape index (κ1) is 20.5. The number of nitrogens with one attached hydrogen (secondary N) is 2. The van der Waals surface area contributed by atoms with Gasteiger partial charge in [0.1, 0.15) is 5.75 Å². The van der Waals surface area contributed by atoms with Crippen molar-refractivity contribution in [1.82, 2.24) is 10.6 Å². The summed E-state index contributed by atoms with van der Waals surface area (Å²) in [5, 5.41) is 6.68. The van der Waals surface area contributed by atoms with Crippen LogP contribution < -0.4 is 15.4 Å². The highest BCUT2D eigenvalue weighted by Gasteiger charge is 2.15. The maximum atomic E-state index is 5.71. The van der Waals surface area contributed by atoms with Crippen LogP contribution in [0.2, 0.25) is 0 Å². The van der Waals surface area contributed by atoms with Gasteiger partial charge in [-0.1, -0.05) is 12.1 Å². The molecular formula is C20H33N3O3.